The van der Waals surface area contributed by atoms with Gasteiger partial charge in [0.25, 0.3) is 6.08 Å². The van der Waals surface area contributed by atoms with Gasteiger partial charge in [0.2, 0.25) is 0 Å². The van der Waals surface area contributed by atoms with Crippen molar-refractivity contribution in [2.45, 2.75) is 6.18 Å². The van der Waals surface area contributed by atoms with Crippen LogP contribution >= 0.6 is 0 Å². The van der Waals surface area contributed by atoms with E-state index in [0.717, 1.165) is 0 Å². The SMILES string of the molecule is C=C.FC(F)=CC(F)(F)F. The molecule has 0 atom stereocenters. The Hall–Kier alpha value is -0.870. The van der Waals surface area contributed by atoms with Crippen LogP contribution in [0.15, 0.2) is 25.3 Å². The molecule has 10 heavy (non-hydrogen) atoms. The Morgan fingerprint density at radius 2 is 1.40 bits per heavy atom. The Labute approximate surface area is 54.7 Å². The van der Waals surface area contributed by atoms with Gasteiger partial charge in [-0.3, -0.25) is 0 Å². The molecule has 0 N–H and O–H groups in total. The van der Waals surface area contributed by atoms with E-state index in [-0.39, 0.29) is 0 Å². The fraction of sp³-hybridized carbons (Fsp3) is 0.200. The first kappa shape index (κ1) is 11.9. The van der Waals surface area contributed by atoms with E-state index >= 15 is 0 Å². The van der Waals surface area contributed by atoms with E-state index in [0.29, 0.717) is 0 Å². The summed E-state index contributed by atoms with van der Waals surface area (Å²) < 4.78 is 53.6. The molecule has 0 bridgehead atoms. The van der Waals surface area contributed by atoms with Crippen LogP contribution in [-0.2, 0) is 0 Å². The number of rotatable bonds is 0. The van der Waals surface area contributed by atoms with Crippen molar-refractivity contribution < 1.29 is 22.0 Å². The molecular weight excluding hydrogens is 155 g/mol. The summed E-state index contributed by atoms with van der Waals surface area (Å²) in [5.74, 6) is 0. The van der Waals surface area contributed by atoms with Gasteiger partial charge in [-0.15, -0.1) is 13.2 Å². The Balaban J connectivity index is 0. The second-order valence-electron chi connectivity index (χ2n) is 0.976. The maximum Gasteiger partial charge on any atom is 0.414 e. The van der Waals surface area contributed by atoms with Gasteiger partial charge in [-0.25, -0.2) is 0 Å². The molecule has 0 aromatic heterocycles. The average Bonchev–Trinajstić information content (AvgIpc) is 1.64. The van der Waals surface area contributed by atoms with E-state index in [1.165, 1.54) is 0 Å². The largest absolute Gasteiger partial charge is 0.414 e. The Morgan fingerprint density at radius 3 is 1.40 bits per heavy atom. The van der Waals surface area contributed by atoms with Crippen molar-refractivity contribution in [1.29, 1.82) is 0 Å². The Morgan fingerprint density at radius 1 is 1.10 bits per heavy atom. The van der Waals surface area contributed by atoms with Gasteiger partial charge in [-0.05, 0) is 0 Å². The zero-order valence-corrected chi connectivity index (χ0v) is 4.88. The summed E-state index contributed by atoms with van der Waals surface area (Å²) >= 11 is 0. The normalized spacial score (nSPS) is 9.30. The molecule has 0 aliphatic heterocycles. The monoisotopic (exact) mass is 160 g/mol. The van der Waals surface area contributed by atoms with E-state index < -0.39 is 18.3 Å². The first-order valence-electron chi connectivity index (χ1n) is 2.02. The van der Waals surface area contributed by atoms with Crippen LogP contribution in [0.25, 0.3) is 0 Å². The van der Waals surface area contributed by atoms with Gasteiger partial charge in [0, 0.05) is 0 Å². The minimum Gasteiger partial charge on any atom is -0.173 e. The quantitative estimate of drug-likeness (QED) is 0.377. The average molecular weight is 160 g/mol. The number of hydrogen-bond acceptors (Lipinski definition) is 0. The molecule has 0 unspecified atom stereocenters. The first-order valence-corrected chi connectivity index (χ1v) is 2.02. The highest BCUT2D eigenvalue weighted by molar-refractivity contribution is 4.87. The van der Waals surface area contributed by atoms with Crippen LogP contribution in [0.2, 0.25) is 0 Å². The summed E-state index contributed by atoms with van der Waals surface area (Å²) in [7, 11) is 0. The van der Waals surface area contributed by atoms with E-state index in [1.807, 2.05) is 0 Å². The lowest BCUT2D eigenvalue weighted by molar-refractivity contribution is -0.0826. The van der Waals surface area contributed by atoms with Gasteiger partial charge in [0.1, 0.15) is 0 Å². The fourth-order valence-electron chi connectivity index (χ4n) is 0.124. The summed E-state index contributed by atoms with van der Waals surface area (Å²) in [4.78, 5) is 0. The number of allylic oxidation sites excluding steroid dienone is 1. The summed E-state index contributed by atoms with van der Waals surface area (Å²) in [6.07, 6.45) is -8.68. The van der Waals surface area contributed by atoms with Crippen molar-refractivity contribution in [1.82, 2.24) is 0 Å². The lowest BCUT2D eigenvalue weighted by Gasteiger charge is -1.93. The van der Waals surface area contributed by atoms with E-state index in [2.05, 4.69) is 13.2 Å². The molecule has 0 fully saturated rings. The molecule has 0 rings (SSSR count). The third-order valence-electron chi connectivity index (χ3n) is 0.273. The second-order valence-corrected chi connectivity index (χ2v) is 0.976. The third-order valence-corrected chi connectivity index (χ3v) is 0.273. The minimum atomic E-state index is -4.89. The first-order chi connectivity index (χ1) is 4.42. The van der Waals surface area contributed by atoms with Crippen LogP contribution in [0.1, 0.15) is 0 Å². The van der Waals surface area contributed by atoms with Crippen molar-refractivity contribution in [3.63, 3.8) is 0 Å². The highest BCUT2D eigenvalue weighted by Gasteiger charge is 2.24. The molecule has 0 saturated carbocycles. The van der Waals surface area contributed by atoms with Crippen molar-refractivity contribution >= 4 is 0 Å². The molecule has 0 aliphatic carbocycles. The highest BCUT2D eigenvalue weighted by Crippen LogP contribution is 2.19. The lowest BCUT2D eigenvalue weighted by atomic mass is 10.6. The van der Waals surface area contributed by atoms with Crippen molar-refractivity contribution in [2.24, 2.45) is 0 Å². The van der Waals surface area contributed by atoms with Crippen molar-refractivity contribution in [2.75, 3.05) is 0 Å². The molecular formula is C5H5F5. The molecule has 0 aromatic rings. The lowest BCUT2D eigenvalue weighted by Crippen LogP contribution is -2.00. The van der Waals surface area contributed by atoms with E-state index in [1.54, 1.807) is 0 Å². The zero-order valence-electron chi connectivity index (χ0n) is 4.88. The predicted molar refractivity (Wildman–Crippen MR) is 27.6 cm³/mol. The molecule has 0 amide bonds. The number of halogens is 5. The summed E-state index contributed by atoms with van der Waals surface area (Å²) in [5.41, 5.74) is 0. The summed E-state index contributed by atoms with van der Waals surface area (Å²) in [6.45, 7) is 6.00. The molecule has 0 heterocycles. The van der Waals surface area contributed by atoms with Crippen LogP contribution in [0.3, 0.4) is 0 Å². The molecule has 0 aliphatic rings. The van der Waals surface area contributed by atoms with Gasteiger partial charge in [0.05, 0.1) is 6.08 Å². The van der Waals surface area contributed by atoms with Crippen molar-refractivity contribution in [3.8, 4) is 0 Å². The second kappa shape index (κ2) is 4.96. The molecule has 0 radical (unpaired) electrons. The molecule has 0 spiro atoms. The number of hydrogen-bond donors (Lipinski definition) is 0. The van der Waals surface area contributed by atoms with Crippen LogP contribution in [-0.4, -0.2) is 6.18 Å². The van der Waals surface area contributed by atoms with Gasteiger partial charge in [0.15, 0.2) is 0 Å². The zero-order chi connectivity index (χ0) is 8.78. The van der Waals surface area contributed by atoms with Crippen LogP contribution in [0.4, 0.5) is 22.0 Å². The van der Waals surface area contributed by atoms with Crippen molar-refractivity contribution in [3.05, 3.63) is 25.3 Å². The summed E-state index contributed by atoms with van der Waals surface area (Å²) in [6, 6.07) is 0. The Kier molecular flexibility index (Phi) is 5.89. The molecule has 60 valence electrons. The van der Waals surface area contributed by atoms with E-state index in [9.17, 15) is 22.0 Å². The fourth-order valence-corrected chi connectivity index (χ4v) is 0.124. The molecule has 0 aromatic carbocycles. The third kappa shape index (κ3) is 15.7. The van der Waals surface area contributed by atoms with Gasteiger partial charge < -0.3 is 0 Å². The topological polar surface area (TPSA) is 0 Å². The summed E-state index contributed by atoms with van der Waals surface area (Å²) in [5, 5.41) is 0. The maximum absolute atomic E-state index is 10.8. The predicted octanol–water partition coefficient (Wildman–Crippen LogP) is 3.13. The molecule has 0 nitrogen and oxygen atoms in total. The molecule has 0 saturated heterocycles. The minimum absolute atomic E-state index is 1.06. The van der Waals surface area contributed by atoms with Crippen LogP contribution < -0.4 is 0 Å². The van der Waals surface area contributed by atoms with Gasteiger partial charge in [-0.1, -0.05) is 0 Å². The van der Waals surface area contributed by atoms with Gasteiger partial charge >= 0.3 is 6.18 Å². The number of alkyl halides is 3. The van der Waals surface area contributed by atoms with Gasteiger partial charge in [-0.2, -0.15) is 22.0 Å². The molecule has 5 heteroatoms. The smallest absolute Gasteiger partial charge is 0.173 e. The maximum atomic E-state index is 10.8. The highest BCUT2D eigenvalue weighted by atomic mass is 19.4. The Bertz CT molecular complexity index is 108. The standard InChI is InChI=1S/C3HF5.C2H4/c4-2(5)1-3(6,7)8;1-2/h1H;1-2H2. The van der Waals surface area contributed by atoms with Crippen LogP contribution in [0, 0.1) is 0 Å². The van der Waals surface area contributed by atoms with E-state index in [4.69, 9.17) is 0 Å². The van der Waals surface area contributed by atoms with Crippen LogP contribution in [0.5, 0.6) is 0 Å².